The molecule has 0 aliphatic carbocycles. The van der Waals surface area contributed by atoms with Gasteiger partial charge in [-0.1, -0.05) is 30.3 Å². The van der Waals surface area contributed by atoms with Gasteiger partial charge in [-0.2, -0.15) is 0 Å². The molecule has 1 fully saturated rings. The molecule has 1 aromatic carbocycles. The zero-order chi connectivity index (χ0) is 17.9. The minimum absolute atomic E-state index is 0.136. The van der Waals surface area contributed by atoms with Gasteiger partial charge in [0.2, 0.25) is 11.7 Å². The predicted octanol–water partition coefficient (Wildman–Crippen LogP) is 1.82. The Morgan fingerprint density at radius 2 is 2.08 bits per heavy atom. The van der Waals surface area contributed by atoms with E-state index in [1.54, 1.807) is 29.1 Å². The van der Waals surface area contributed by atoms with E-state index in [4.69, 9.17) is 0 Å². The number of rotatable bonds is 5. The number of benzene rings is 1. The third-order valence-corrected chi connectivity index (χ3v) is 4.55. The molecule has 0 bridgehead atoms. The Morgan fingerprint density at radius 3 is 2.81 bits per heavy atom. The van der Waals surface area contributed by atoms with Crippen molar-refractivity contribution in [2.45, 2.75) is 18.9 Å². The summed E-state index contributed by atoms with van der Waals surface area (Å²) in [5.41, 5.74) is 1.26. The molecule has 4 rings (SSSR count). The highest BCUT2D eigenvalue weighted by Gasteiger charge is 2.26. The van der Waals surface area contributed by atoms with Crippen molar-refractivity contribution in [2.75, 3.05) is 13.1 Å². The van der Waals surface area contributed by atoms with Crippen LogP contribution in [0.4, 0.5) is 0 Å². The maximum atomic E-state index is 12.7. The summed E-state index contributed by atoms with van der Waals surface area (Å²) in [6.07, 6.45) is 6.53. The molecule has 0 radical (unpaired) electrons. The lowest BCUT2D eigenvalue weighted by molar-refractivity contribution is -0.128. The van der Waals surface area contributed by atoms with Gasteiger partial charge in [0.25, 0.3) is 5.91 Å². The van der Waals surface area contributed by atoms with E-state index in [1.807, 2.05) is 35.2 Å². The molecule has 1 aliphatic rings. The number of carbonyl (C=O) groups excluding carboxylic acids is 2. The molecule has 1 saturated heterocycles. The molecule has 1 unspecified atom stereocenters. The van der Waals surface area contributed by atoms with Crippen LogP contribution in [-0.2, 0) is 4.79 Å². The molecule has 132 valence electrons. The fraction of sp³-hybridized carbons (Fsp3) is 0.263. The molecule has 7 nitrogen and oxygen atoms in total. The van der Waals surface area contributed by atoms with Gasteiger partial charge in [0.05, 0.1) is 6.04 Å². The first-order valence-electron chi connectivity index (χ1n) is 8.64. The fourth-order valence-corrected chi connectivity index (χ4v) is 3.21. The lowest BCUT2D eigenvalue weighted by Gasteiger charge is -2.25. The highest BCUT2D eigenvalue weighted by molar-refractivity contribution is 5.93. The Bertz CT molecular complexity index is 904. The summed E-state index contributed by atoms with van der Waals surface area (Å²) in [7, 11) is 0. The Balaban J connectivity index is 1.57. The number of amides is 2. The number of nitrogens with zero attached hydrogens (tertiary/aromatic N) is 4. The maximum Gasteiger partial charge on any atom is 0.272 e. The first-order valence-corrected chi connectivity index (χ1v) is 8.64. The van der Waals surface area contributed by atoms with Crippen molar-refractivity contribution in [3.63, 3.8) is 0 Å². The summed E-state index contributed by atoms with van der Waals surface area (Å²) < 4.78 is 1.70. The van der Waals surface area contributed by atoms with Crippen molar-refractivity contribution >= 4 is 17.6 Å². The van der Waals surface area contributed by atoms with E-state index >= 15 is 0 Å². The molecule has 7 heteroatoms. The van der Waals surface area contributed by atoms with E-state index in [1.165, 1.54) is 0 Å². The smallest absolute Gasteiger partial charge is 0.272 e. The van der Waals surface area contributed by atoms with Gasteiger partial charge in [-0.25, -0.2) is 9.97 Å². The third-order valence-electron chi connectivity index (χ3n) is 4.55. The topological polar surface area (TPSA) is 79.6 Å². The molecule has 1 atom stereocenters. The van der Waals surface area contributed by atoms with E-state index in [0.29, 0.717) is 24.4 Å². The molecule has 0 spiro atoms. The molecule has 26 heavy (non-hydrogen) atoms. The Labute approximate surface area is 150 Å². The number of hydrogen-bond acceptors (Lipinski definition) is 4. The van der Waals surface area contributed by atoms with E-state index in [-0.39, 0.29) is 17.9 Å². The summed E-state index contributed by atoms with van der Waals surface area (Å²) >= 11 is 0. The molecule has 3 aromatic rings. The van der Waals surface area contributed by atoms with Crippen molar-refractivity contribution in [3.05, 3.63) is 66.2 Å². The van der Waals surface area contributed by atoms with Gasteiger partial charge >= 0.3 is 0 Å². The second kappa shape index (κ2) is 6.95. The highest BCUT2D eigenvalue weighted by Crippen LogP contribution is 2.19. The molecule has 2 amide bonds. The van der Waals surface area contributed by atoms with Gasteiger partial charge in [-0.3, -0.25) is 14.0 Å². The lowest BCUT2D eigenvalue weighted by Crippen LogP contribution is -2.38. The zero-order valence-electron chi connectivity index (χ0n) is 14.2. The molecule has 0 saturated carbocycles. The van der Waals surface area contributed by atoms with Crippen molar-refractivity contribution in [3.8, 4) is 0 Å². The van der Waals surface area contributed by atoms with Crippen LogP contribution in [0.15, 0.2) is 55.0 Å². The second-order valence-electron chi connectivity index (χ2n) is 6.33. The zero-order valence-corrected chi connectivity index (χ0v) is 14.2. The average molecular weight is 349 g/mol. The van der Waals surface area contributed by atoms with Crippen LogP contribution in [0.2, 0.25) is 0 Å². The highest BCUT2D eigenvalue weighted by atomic mass is 16.2. The van der Waals surface area contributed by atoms with Crippen LogP contribution in [0.3, 0.4) is 0 Å². The standard InChI is InChI=1S/C19H19N5O2/c25-17-8-4-10-23(17)12-15(14-6-2-1-3-7-14)21-18(26)16-13-24-11-5-9-20-19(24)22-16/h1-3,5-7,9,11,13,15H,4,8,10,12H2,(H,21,26). The SMILES string of the molecule is O=C(NC(CN1CCCC1=O)c1ccccc1)c1cn2cccnc2n1. The van der Waals surface area contributed by atoms with Crippen molar-refractivity contribution in [1.82, 2.24) is 24.6 Å². The number of hydrogen-bond donors (Lipinski definition) is 1. The first kappa shape index (κ1) is 16.3. The number of carbonyl (C=O) groups is 2. The normalized spacial score (nSPS) is 15.4. The van der Waals surface area contributed by atoms with Crippen LogP contribution in [-0.4, -0.2) is 44.2 Å². The van der Waals surface area contributed by atoms with Gasteiger partial charge in [0.1, 0.15) is 5.69 Å². The summed E-state index contributed by atoms with van der Waals surface area (Å²) in [6, 6.07) is 11.2. The molecule has 3 heterocycles. The molecule has 2 aromatic heterocycles. The van der Waals surface area contributed by atoms with Crippen molar-refractivity contribution in [2.24, 2.45) is 0 Å². The Morgan fingerprint density at radius 1 is 1.23 bits per heavy atom. The van der Waals surface area contributed by atoms with Crippen LogP contribution < -0.4 is 5.32 Å². The molecular weight excluding hydrogens is 330 g/mol. The van der Waals surface area contributed by atoms with Crippen LogP contribution in [0, 0.1) is 0 Å². The summed E-state index contributed by atoms with van der Waals surface area (Å²) in [5, 5.41) is 3.02. The fourth-order valence-electron chi connectivity index (χ4n) is 3.21. The minimum atomic E-state index is -0.288. The maximum absolute atomic E-state index is 12.7. The first-order chi connectivity index (χ1) is 12.7. The van der Waals surface area contributed by atoms with E-state index in [2.05, 4.69) is 15.3 Å². The minimum Gasteiger partial charge on any atom is -0.342 e. The molecular formula is C19H19N5O2. The summed E-state index contributed by atoms with van der Waals surface area (Å²) in [4.78, 5) is 34.9. The summed E-state index contributed by atoms with van der Waals surface area (Å²) in [6.45, 7) is 1.19. The average Bonchev–Trinajstić information content (AvgIpc) is 3.28. The van der Waals surface area contributed by atoms with Crippen LogP contribution in [0.5, 0.6) is 0 Å². The lowest BCUT2D eigenvalue weighted by atomic mass is 10.1. The van der Waals surface area contributed by atoms with Gasteiger partial charge in [0.15, 0.2) is 0 Å². The molecule has 1 N–H and O–H groups in total. The van der Waals surface area contributed by atoms with Crippen molar-refractivity contribution < 1.29 is 9.59 Å². The van der Waals surface area contributed by atoms with Crippen LogP contribution in [0.1, 0.15) is 34.9 Å². The van der Waals surface area contributed by atoms with Gasteiger partial charge < -0.3 is 10.2 Å². The number of aromatic nitrogens is 3. The quantitative estimate of drug-likeness (QED) is 0.762. The van der Waals surface area contributed by atoms with E-state index < -0.39 is 0 Å². The number of likely N-dealkylation sites (tertiary alicyclic amines) is 1. The monoisotopic (exact) mass is 349 g/mol. The number of nitrogens with one attached hydrogen (secondary N) is 1. The largest absolute Gasteiger partial charge is 0.342 e. The second-order valence-corrected chi connectivity index (χ2v) is 6.33. The number of fused-ring (bicyclic) bond motifs is 1. The van der Waals surface area contributed by atoms with Gasteiger partial charge in [-0.15, -0.1) is 0 Å². The van der Waals surface area contributed by atoms with Gasteiger partial charge in [0, 0.05) is 38.1 Å². The van der Waals surface area contributed by atoms with E-state index in [0.717, 1.165) is 18.5 Å². The van der Waals surface area contributed by atoms with Crippen molar-refractivity contribution in [1.29, 1.82) is 0 Å². The predicted molar refractivity (Wildman–Crippen MR) is 95.5 cm³/mol. The van der Waals surface area contributed by atoms with Crippen LogP contribution in [0.25, 0.3) is 5.78 Å². The summed E-state index contributed by atoms with van der Waals surface area (Å²) in [5.74, 6) is 0.330. The van der Waals surface area contributed by atoms with Gasteiger partial charge in [-0.05, 0) is 18.1 Å². The van der Waals surface area contributed by atoms with E-state index in [9.17, 15) is 9.59 Å². The number of imidazole rings is 1. The van der Waals surface area contributed by atoms with Crippen LogP contribution >= 0.6 is 0 Å². The Hall–Kier alpha value is -3.22. The Kier molecular flexibility index (Phi) is 4.35. The third kappa shape index (κ3) is 3.28. The molecule has 1 aliphatic heterocycles.